The van der Waals surface area contributed by atoms with Crippen molar-refractivity contribution in [2.75, 3.05) is 26.3 Å². The van der Waals surface area contributed by atoms with Crippen LogP contribution in [0, 0.1) is 5.41 Å². The highest BCUT2D eigenvalue weighted by Crippen LogP contribution is 2.35. The van der Waals surface area contributed by atoms with Gasteiger partial charge in [0, 0.05) is 32.2 Å². The molecule has 3 N–H and O–H groups in total. The molecule has 1 heterocycles. The smallest absolute Gasteiger partial charge is 0.227 e. The zero-order chi connectivity index (χ0) is 14.0. The maximum Gasteiger partial charge on any atom is 0.227 e. The van der Waals surface area contributed by atoms with E-state index >= 15 is 0 Å². The van der Waals surface area contributed by atoms with Crippen molar-refractivity contribution >= 4 is 5.91 Å². The molecule has 1 amide bonds. The second kappa shape index (κ2) is 5.54. The minimum atomic E-state index is -0.415. The molecule has 3 rings (SSSR count). The van der Waals surface area contributed by atoms with Crippen LogP contribution < -0.4 is 11.1 Å². The third-order valence-corrected chi connectivity index (χ3v) is 4.79. The van der Waals surface area contributed by atoms with Gasteiger partial charge < -0.3 is 15.8 Å². The number of benzene rings is 1. The van der Waals surface area contributed by atoms with E-state index in [1.807, 2.05) is 0 Å². The van der Waals surface area contributed by atoms with E-state index in [0.29, 0.717) is 25.7 Å². The number of amides is 1. The van der Waals surface area contributed by atoms with Crippen LogP contribution in [0.3, 0.4) is 0 Å². The van der Waals surface area contributed by atoms with Gasteiger partial charge in [-0.15, -0.1) is 0 Å². The van der Waals surface area contributed by atoms with Gasteiger partial charge in [0.25, 0.3) is 0 Å². The summed E-state index contributed by atoms with van der Waals surface area (Å²) in [6.07, 6.45) is 2.53. The van der Waals surface area contributed by atoms with E-state index in [9.17, 15) is 4.79 Å². The van der Waals surface area contributed by atoms with E-state index in [4.69, 9.17) is 10.5 Å². The standard InChI is InChI=1S/C16H22N2O2/c17-11-16(5-7-20-8-6-16)15(19)18-10-13-9-12-3-1-2-4-14(12)13/h1-4,13H,5-11,17H2,(H,18,19). The molecule has 4 nitrogen and oxygen atoms in total. The lowest BCUT2D eigenvalue weighted by Crippen LogP contribution is -2.50. The Balaban J connectivity index is 1.57. The molecule has 0 bridgehead atoms. The molecule has 4 heteroatoms. The molecule has 0 saturated carbocycles. The number of hydrogen-bond donors (Lipinski definition) is 2. The normalized spacial score (nSPS) is 23.6. The largest absolute Gasteiger partial charge is 0.381 e. The van der Waals surface area contributed by atoms with E-state index in [0.717, 1.165) is 25.8 Å². The van der Waals surface area contributed by atoms with Crippen LogP contribution in [0.15, 0.2) is 24.3 Å². The van der Waals surface area contributed by atoms with Gasteiger partial charge in [-0.05, 0) is 30.4 Å². The third-order valence-electron chi connectivity index (χ3n) is 4.79. The van der Waals surface area contributed by atoms with Crippen molar-refractivity contribution in [3.05, 3.63) is 35.4 Å². The molecule has 1 aliphatic heterocycles. The summed E-state index contributed by atoms with van der Waals surface area (Å²) in [5.41, 5.74) is 8.22. The Morgan fingerprint density at radius 1 is 1.35 bits per heavy atom. The zero-order valence-electron chi connectivity index (χ0n) is 11.7. The van der Waals surface area contributed by atoms with Crippen molar-refractivity contribution in [2.24, 2.45) is 11.1 Å². The van der Waals surface area contributed by atoms with E-state index in [1.165, 1.54) is 11.1 Å². The van der Waals surface area contributed by atoms with Crippen LogP contribution in [0.2, 0.25) is 0 Å². The van der Waals surface area contributed by atoms with Crippen molar-refractivity contribution in [2.45, 2.75) is 25.2 Å². The quantitative estimate of drug-likeness (QED) is 0.867. The molecule has 0 radical (unpaired) electrons. The van der Waals surface area contributed by atoms with Crippen molar-refractivity contribution in [1.82, 2.24) is 5.32 Å². The molecule has 0 spiro atoms. The number of carbonyl (C=O) groups is 1. The van der Waals surface area contributed by atoms with Gasteiger partial charge in [0.15, 0.2) is 0 Å². The summed E-state index contributed by atoms with van der Waals surface area (Å²) in [5.74, 6) is 0.567. The maximum atomic E-state index is 12.5. The fourth-order valence-corrected chi connectivity index (χ4v) is 3.23. The van der Waals surface area contributed by atoms with Gasteiger partial charge in [0.2, 0.25) is 5.91 Å². The van der Waals surface area contributed by atoms with Crippen LogP contribution in [0.1, 0.15) is 29.9 Å². The number of carbonyl (C=O) groups excluding carboxylic acids is 1. The Labute approximate surface area is 119 Å². The van der Waals surface area contributed by atoms with E-state index in [1.54, 1.807) is 0 Å². The molecule has 1 aromatic rings. The summed E-state index contributed by atoms with van der Waals surface area (Å²) >= 11 is 0. The van der Waals surface area contributed by atoms with Gasteiger partial charge in [-0.25, -0.2) is 0 Å². The summed E-state index contributed by atoms with van der Waals surface area (Å²) < 4.78 is 5.35. The predicted molar refractivity (Wildman–Crippen MR) is 77.4 cm³/mol. The molecular weight excluding hydrogens is 252 g/mol. The first kappa shape index (κ1) is 13.6. The minimum absolute atomic E-state index is 0.104. The predicted octanol–water partition coefficient (Wildman–Crippen LogP) is 1.20. The van der Waals surface area contributed by atoms with Gasteiger partial charge in [-0.2, -0.15) is 0 Å². The van der Waals surface area contributed by atoms with Crippen molar-refractivity contribution in [1.29, 1.82) is 0 Å². The molecule has 2 aliphatic rings. The fraction of sp³-hybridized carbons (Fsp3) is 0.562. The fourth-order valence-electron chi connectivity index (χ4n) is 3.23. The number of ether oxygens (including phenoxy) is 1. The Kier molecular flexibility index (Phi) is 3.76. The van der Waals surface area contributed by atoms with Crippen molar-refractivity contribution < 1.29 is 9.53 Å². The van der Waals surface area contributed by atoms with E-state index in [-0.39, 0.29) is 5.91 Å². The van der Waals surface area contributed by atoms with Crippen LogP contribution in [0.25, 0.3) is 0 Å². The summed E-state index contributed by atoms with van der Waals surface area (Å²) in [5, 5.41) is 3.11. The Hall–Kier alpha value is -1.39. The number of hydrogen-bond acceptors (Lipinski definition) is 3. The number of nitrogens with two attached hydrogens (primary N) is 1. The average Bonchev–Trinajstić information content (AvgIpc) is 2.48. The summed E-state index contributed by atoms with van der Waals surface area (Å²) in [4.78, 5) is 12.5. The summed E-state index contributed by atoms with van der Waals surface area (Å²) in [6, 6.07) is 8.45. The molecule has 20 heavy (non-hydrogen) atoms. The van der Waals surface area contributed by atoms with Crippen LogP contribution in [-0.4, -0.2) is 32.2 Å². The summed E-state index contributed by atoms with van der Waals surface area (Å²) in [7, 11) is 0. The molecule has 1 atom stereocenters. The highest BCUT2D eigenvalue weighted by atomic mass is 16.5. The lowest BCUT2D eigenvalue weighted by atomic mass is 9.76. The van der Waals surface area contributed by atoms with Gasteiger partial charge in [-0.3, -0.25) is 4.79 Å². The number of fused-ring (bicyclic) bond motifs is 1. The highest BCUT2D eigenvalue weighted by molar-refractivity contribution is 5.83. The van der Waals surface area contributed by atoms with Crippen molar-refractivity contribution in [3.8, 4) is 0 Å². The van der Waals surface area contributed by atoms with Crippen LogP contribution in [0.5, 0.6) is 0 Å². The molecule has 1 unspecified atom stereocenters. The Morgan fingerprint density at radius 3 is 2.80 bits per heavy atom. The van der Waals surface area contributed by atoms with Gasteiger partial charge >= 0.3 is 0 Å². The molecule has 1 aliphatic carbocycles. The second-order valence-electron chi connectivity index (χ2n) is 5.91. The molecule has 0 aromatic heterocycles. The van der Waals surface area contributed by atoms with Crippen LogP contribution in [-0.2, 0) is 16.0 Å². The molecule has 108 valence electrons. The second-order valence-corrected chi connectivity index (χ2v) is 5.91. The monoisotopic (exact) mass is 274 g/mol. The highest BCUT2D eigenvalue weighted by Gasteiger charge is 2.39. The zero-order valence-corrected chi connectivity index (χ0v) is 11.7. The van der Waals surface area contributed by atoms with E-state index in [2.05, 4.69) is 29.6 Å². The topological polar surface area (TPSA) is 64.4 Å². The number of nitrogens with one attached hydrogen (secondary N) is 1. The minimum Gasteiger partial charge on any atom is -0.381 e. The molecular formula is C16H22N2O2. The molecule has 1 fully saturated rings. The lowest BCUT2D eigenvalue weighted by molar-refractivity contribution is -0.136. The first-order valence-electron chi connectivity index (χ1n) is 7.39. The SMILES string of the molecule is NCC1(C(=O)NCC2Cc3ccccc32)CCOCC1. The number of rotatable bonds is 4. The first-order chi connectivity index (χ1) is 9.75. The van der Waals surface area contributed by atoms with Crippen molar-refractivity contribution in [3.63, 3.8) is 0 Å². The van der Waals surface area contributed by atoms with Gasteiger partial charge in [-0.1, -0.05) is 24.3 Å². The van der Waals surface area contributed by atoms with Crippen LogP contribution in [0.4, 0.5) is 0 Å². The Morgan fingerprint density at radius 2 is 2.10 bits per heavy atom. The lowest BCUT2D eigenvalue weighted by Gasteiger charge is -2.36. The van der Waals surface area contributed by atoms with Crippen LogP contribution >= 0.6 is 0 Å². The van der Waals surface area contributed by atoms with E-state index < -0.39 is 5.41 Å². The molecule has 1 aromatic carbocycles. The summed E-state index contributed by atoms with van der Waals surface area (Å²) in [6.45, 7) is 2.40. The Bertz CT molecular complexity index is 495. The average molecular weight is 274 g/mol. The third kappa shape index (κ3) is 2.34. The van der Waals surface area contributed by atoms with Gasteiger partial charge in [0.05, 0.1) is 5.41 Å². The molecule has 1 saturated heterocycles. The van der Waals surface area contributed by atoms with Gasteiger partial charge in [0.1, 0.15) is 0 Å². The first-order valence-corrected chi connectivity index (χ1v) is 7.39. The maximum absolute atomic E-state index is 12.5.